The maximum atomic E-state index is 12.6. The molecule has 142 valence electrons. The Balaban J connectivity index is 2.13. The second-order valence-corrected chi connectivity index (χ2v) is 7.35. The number of terminal acetylenes is 1. The molecule has 0 aliphatic carbocycles. The number of carbonyl (C=O) groups is 1. The molecule has 5 nitrogen and oxygen atoms in total. The van der Waals surface area contributed by atoms with Crippen molar-refractivity contribution in [2.75, 3.05) is 18.4 Å². The largest absolute Gasteiger partial charge is 0.416 e. The van der Waals surface area contributed by atoms with Crippen molar-refractivity contribution in [3.05, 3.63) is 60.2 Å². The van der Waals surface area contributed by atoms with E-state index in [9.17, 15) is 26.4 Å². The first kappa shape index (κ1) is 20.5. The third-order valence-electron chi connectivity index (χ3n) is 3.46. The third-order valence-corrected chi connectivity index (χ3v) is 5.27. The van der Waals surface area contributed by atoms with Gasteiger partial charge < -0.3 is 5.32 Å². The SMILES string of the molecule is C#CCN(CC(=O)Nc1ccc(C(F)(F)F)cc1)S(=O)(=O)c1ccccc1. The summed E-state index contributed by atoms with van der Waals surface area (Å²) in [5, 5.41) is 2.35. The standard InChI is InChI=1S/C18H15F3N2O3S/c1-2-12-23(27(25,26)16-6-4-3-5-7-16)13-17(24)22-15-10-8-14(9-11-15)18(19,20)21/h1,3-11H,12-13H2,(H,22,24). The Hall–Kier alpha value is -2.83. The molecule has 0 radical (unpaired) electrons. The molecular formula is C18H15F3N2O3S. The number of alkyl halides is 3. The van der Waals surface area contributed by atoms with E-state index in [0.717, 1.165) is 28.6 Å². The molecule has 0 heterocycles. The Kier molecular flexibility index (Phi) is 6.25. The number of nitrogens with one attached hydrogen (secondary N) is 1. The molecule has 0 saturated heterocycles. The highest BCUT2D eigenvalue weighted by Crippen LogP contribution is 2.29. The quantitative estimate of drug-likeness (QED) is 0.764. The zero-order valence-electron chi connectivity index (χ0n) is 13.9. The highest BCUT2D eigenvalue weighted by molar-refractivity contribution is 7.89. The molecule has 9 heteroatoms. The topological polar surface area (TPSA) is 66.5 Å². The number of amides is 1. The first-order valence-electron chi connectivity index (χ1n) is 7.60. The Labute approximate surface area is 154 Å². The molecule has 1 amide bonds. The number of hydrogen-bond acceptors (Lipinski definition) is 3. The molecule has 0 aliphatic heterocycles. The van der Waals surface area contributed by atoms with Crippen LogP contribution in [0.3, 0.4) is 0 Å². The van der Waals surface area contributed by atoms with Crippen LogP contribution in [0, 0.1) is 12.3 Å². The normalized spacial score (nSPS) is 11.8. The molecule has 0 aromatic heterocycles. The fourth-order valence-corrected chi connectivity index (χ4v) is 3.50. The van der Waals surface area contributed by atoms with Gasteiger partial charge in [0.05, 0.1) is 23.5 Å². The molecule has 0 atom stereocenters. The summed E-state index contributed by atoms with van der Waals surface area (Å²) in [6.07, 6.45) is 0.705. The van der Waals surface area contributed by atoms with Gasteiger partial charge in [0.1, 0.15) is 0 Å². The number of benzene rings is 2. The van der Waals surface area contributed by atoms with Crippen molar-refractivity contribution in [1.82, 2.24) is 4.31 Å². The van der Waals surface area contributed by atoms with Crippen molar-refractivity contribution in [2.45, 2.75) is 11.1 Å². The molecule has 0 fully saturated rings. The van der Waals surface area contributed by atoms with Gasteiger partial charge in [-0.2, -0.15) is 17.5 Å². The monoisotopic (exact) mass is 396 g/mol. The first-order valence-corrected chi connectivity index (χ1v) is 9.04. The average Bonchev–Trinajstić information content (AvgIpc) is 2.61. The summed E-state index contributed by atoms with van der Waals surface area (Å²) in [4.78, 5) is 12.1. The van der Waals surface area contributed by atoms with Gasteiger partial charge in [0.2, 0.25) is 15.9 Å². The Morgan fingerprint density at radius 2 is 1.67 bits per heavy atom. The van der Waals surface area contributed by atoms with E-state index in [1.54, 1.807) is 6.07 Å². The smallest absolute Gasteiger partial charge is 0.325 e. The highest BCUT2D eigenvalue weighted by Gasteiger charge is 2.30. The minimum Gasteiger partial charge on any atom is -0.325 e. The van der Waals surface area contributed by atoms with Crippen LogP contribution in [-0.4, -0.2) is 31.7 Å². The lowest BCUT2D eigenvalue weighted by Crippen LogP contribution is -2.38. The summed E-state index contributed by atoms with van der Waals surface area (Å²) in [6, 6.07) is 11.2. The second kappa shape index (κ2) is 8.24. The predicted octanol–water partition coefficient (Wildman–Crippen LogP) is 2.97. The summed E-state index contributed by atoms with van der Waals surface area (Å²) in [7, 11) is -4.00. The predicted molar refractivity (Wildman–Crippen MR) is 94.1 cm³/mol. The van der Waals surface area contributed by atoms with E-state index in [-0.39, 0.29) is 17.1 Å². The number of halogens is 3. The number of rotatable bonds is 6. The van der Waals surface area contributed by atoms with Crippen molar-refractivity contribution < 1.29 is 26.4 Å². The summed E-state index contributed by atoms with van der Waals surface area (Å²) in [5.41, 5.74) is -0.758. The first-order chi connectivity index (χ1) is 12.6. The summed E-state index contributed by atoms with van der Waals surface area (Å²) in [6.45, 7) is -0.917. The molecule has 1 N–H and O–H groups in total. The zero-order valence-corrected chi connectivity index (χ0v) is 14.7. The van der Waals surface area contributed by atoms with Crippen LogP contribution in [0.5, 0.6) is 0 Å². The number of sulfonamides is 1. The summed E-state index contributed by atoms with van der Waals surface area (Å²) >= 11 is 0. The lowest BCUT2D eigenvalue weighted by molar-refractivity contribution is -0.137. The number of anilines is 1. The molecule has 0 unspecified atom stereocenters. The Morgan fingerprint density at radius 1 is 1.07 bits per heavy atom. The van der Waals surface area contributed by atoms with Gasteiger partial charge in [-0.05, 0) is 36.4 Å². The lowest BCUT2D eigenvalue weighted by atomic mass is 10.2. The van der Waals surface area contributed by atoms with E-state index in [1.807, 2.05) is 0 Å². The molecule has 0 bridgehead atoms. The van der Waals surface area contributed by atoms with Crippen LogP contribution < -0.4 is 5.32 Å². The van der Waals surface area contributed by atoms with Gasteiger partial charge in [-0.25, -0.2) is 8.42 Å². The Bertz CT molecular complexity index is 935. The van der Waals surface area contributed by atoms with Gasteiger partial charge >= 0.3 is 6.18 Å². The van der Waals surface area contributed by atoms with Crippen molar-refractivity contribution in [3.8, 4) is 12.3 Å². The minimum absolute atomic E-state index is 0.0254. The van der Waals surface area contributed by atoms with E-state index >= 15 is 0 Å². The second-order valence-electron chi connectivity index (χ2n) is 5.41. The van der Waals surface area contributed by atoms with E-state index < -0.39 is 34.2 Å². The van der Waals surface area contributed by atoms with Crippen LogP contribution in [-0.2, 0) is 21.0 Å². The molecule has 2 aromatic rings. The molecule has 0 aliphatic rings. The molecule has 0 spiro atoms. The van der Waals surface area contributed by atoms with Gasteiger partial charge in [-0.1, -0.05) is 24.1 Å². The zero-order chi connectivity index (χ0) is 20.1. The third kappa shape index (κ3) is 5.32. The summed E-state index contributed by atoms with van der Waals surface area (Å²) < 4.78 is 63.6. The van der Waals surface area contributed by atoms with Gasteiger partial charge in [0, 0.05) is 5.69 Å². The molecular weight excluding hydrogens is 381 g/mol. The number of hydrogen-bond donors (Lipinski definition) is 1. The van der Waals surface area contributed by atoms with Crippen molar-refractivity contribution in [3.63, 3.8) is 0 Å². The van der Waals surface area contributed by atoms with E-state index in [1.165, 1.54) is 24.3 Å². The van der Waals surface area contributed by atoms with Crippen LogP contribution in [0.1, 0.15) is 5.56 Å². The maximum absolute atomic E-state index is 12.6. The van der Waals surface area contributed by atoms with Gasteiger partial charge in [0.25, 0.3) is 0 Å². The van der Waals surface area contributed by atoms with Crippen LogP contribution >= 0.6 is 0 Å². The van der Waals surface area contributed by atoms with Gasteiger partial charge in [-0.15, -0.1) is 6.42 Å². The van der Waals surface area contributed by atoms with E-state index in [4.69, 9.17) is 6.42 Å². The molecule has 2 rings (SSSR count). The van der Waals surface area contributed by atoms with E-state index in [2.05, 4.69) is 11.2 Å². The van der Waals surface area contributed by atoms with Gasteiger partial charge in [-0.3, -0.25) is 4.79 Å². The Morgan fingerprint density at radius 3 is 2.19 bits per heavy atom. The van der Waals surface area contributed by atoms with Crippen LogP contribution in [0.4, 0.5) is 18.9 Å². The van der Waals surface area contributed by atoms with Crippen molar-refractivity contribution in [2.24, 2.45) is 0 Å². The summed E-state index contributed by atoms with van der Waals surface area (Å²) in [5.74, 6) is 1.45. The van der Waals surface area contributed by atoms with Crippen LogP contribution in [0.2, 0.25) is 0 Å². The number of nitrogens with zero attached hydrogens (tertiary/aromatic N) is 1. The lowest BCUT2D eigenvalue weighted by Gasteiger charge is -2.19. The molecule has 27 heavy (non-hydrogen) atoms. The van der Waals surface area contributed by atoms with Crippen LogP contribution in [0.25, 0.3) is 0 Å². The van der Waals surface area contributed by atoms with Crippen LogP contribution in [0.15, 0.2) is 59.5 Å². The highest BCUT2D eigenvalue weighted by atomic mass is 32.2. The fourth-order valence-electron chi connectivity index (χ4n) is 2.17. The van der Waals surface area contributed by atoms with E-state index in [0.29, 0.717) is 0 Å². The van der Waals surface area contributed by atoms with Gasteiger partial charge in [0.15, 0.2) is 0 Å². The molecule has 0 saturated carbocycles. The fraction of sp³-hybridized carbons (Fsp3) is 0.167. The van der Waals surface area contributed by atoms with Crippen molar-refractivity contribution in [1.29, 1.82) is 0 Å². The average molecular weight is 396 g/mol. The number of carbonyl (C=O) groups excluding carboxylic acids is 1. The minimum atomic E-state index is -4.49. The molecule has 2 aromatic carbocycles. The maximum Gasteiger partial charge on any atom is 0.416 e. The van der Waals surface area contributed by atoms with Crippen molar-refractivity contribution >= 4 is 21.6 Å².